The van der Waals surface area contributed by atoms with Gasteiger partial charge in [0.1, 0.15) is 0 Å². The van der Waals surface area contributed by atoms with Gasteiger partial charge in [0.2, 0.25) is 0 Å². The standard InChI is InChI=1S/C26H43AsO2/c1-18(2)23-14-12-20(5)16-25(23)28-27(22-10-8-7-9-11-22)29-26-17-21(6)13-15-24(26)19(3)4/h7-11,18-21,23-26H,12-17H2,1-6H3. The summed E-state index contributed by atoms with van der Waals surface area (Å²) in [5.74, 6) is 4.22. The predicted molar refractivity (Wildman–Crippen MR) is 124 cm³/mol. The third-order valence-corrected chi connectivity index (χ3v) is 10.8. The fraction of sp³-hybridized carbons (Fsp3) is 0.769. The SMILES string of the molecule is CC1CCC(C(C)C)C(O[As](OC2CC(C)CCC2C(C)C)c2ccccc2)C1. The molecular weight excluding hydrogens is 419 g/mol. The van der Waals surface area contributed by atoms with Crippen LogP contribution in [0.3, 0.4) is 0 Å². The molecule has 164 valence electrons. The average Bonchev–Trinajstić information content (AvgIpc) is 2.68. The number of benzene rings is 1. The van der Waals surface area contributed by atoms with Crippen LogP contribution in [0.25, 0.3) is 0 Å². The van der Waals surface area contributed by atoms with Crippen molar-refractivity contribution in [2.75, 3.05) is 0 Å². The van der Waals surface area contributed by atoms with Crippen molar-refractivity contribution in [1.29, 1.82) is 0 Å². The van der Waals surface area contributed by atoms with Crippen molar-refractivity contribution in [3.63, 3.8) is 0 Å². The molecule has 6 atom stereocenters. The second-order valence-corrected chi connectivity index (χ2v) is 13.6. The maximum absolute atomic E-state index is 7.01. The molecule has 0 saturated heterocycles. The first-order valence-corrected chi connectivity index (χ1v) is 14.5. The Morgan fingerprint density at radius 1 is 0.724 bits per heavy atom. The molecule has 2 aliphatic carbocycles. The summed E-state index contributed by atoms with van der Waals surface area (Å²) in [5.41, 5.74) is 0. The summed E-state index contributed by atoms with van der Waals surface area (Å²) in [6.45, 7) is 14.3. The molecule has 6 unspecified atom stereocenters. The van der Waals surface area contributed by atoms with Gasteiger partial charge in [-0.2, -0.15) is 0 Å². The summed E-state index contributed by atoms with van der Waals surface area (Å²) in [7, 11) is 0. The molecule has 2 nitrogen and oxygen atoms in total. The molecule has 2 aliphatic rings. The Balaban J connectivity index is 1.81. The van der Waals surface area contributed by atoms with Gasteiger partial charge < -0.3 is 0 Å². The molecule has 29 heavy (non-hydrogen) atoms. The molecule has 2 fully saturated rings. The Labute approximate surface area is 185 Å². The minimum absolute atomic E-state index is 0.359. The van der Waals surface area contributed by atoms with Gasteiger partial charge in [-0.1, -0.05) is 0 Å². The Hall–Kier alpha value is -0.302. The van der Waals surface area contributed by atoms with Crippen LogP contribution in [-0.2, 0) is 7.45 Å². The zero-order valence-corrected chi connectivity index (χ0v) is 21.4. The molecule has 0 heterocycles. The number of rotatable bonds is 7. The Morgan fingerprint density at radius 3 is 1.59 bits per heavy atom. The van der Waals surface area contributed by atoms with E-state index < -0.39 is 15.3 Å². The molecular formula is C26H43AsO2. The Kier molecular flexibility index (Phi) is 8.72. The minimum atomic E-state index is -2.04. The van der Waals surface area contributed by atoms with Crippen LogP contribution in [0, 0.1) is 35.5 Å². The normalized spacial score (nSPS) is 34.5. The van der Waals surface area contributed by atoms with Crippen LogP contribution in [0.2, 0.25) is 0 Å². The third-order valence-electron chi connectivity index (χ3n) is 7.35. The van der Waals surface area contributed by atoms with Crippen molar-refractivity contribution in [2.45, 2.75) is 92.3 Å². The van der Waals surface area contributed by atoms with E-state index in [0.717, 1.165) is 11.8 Å². The predicted octanol–water partition coefficient (Wildman–Crippen LogP) is 6.34. The molecule has 3 rings (SSSR count). The van der Waals surface area contributed by atoms with Crippen LogP contribution < -0.4 is 4.35 Å². The summed E-state index contributed by atoms with van der Waals surface area (Å²) in [6, 6.07) is 10.9. The van der Waals surface area contributed by atoms with E-state index in [4.69, 9.17) is 7.45 Å². The van der Waals surface area contributed by atoms with Gasteiger partial charge in [0.25, 0.3) is 0 Å². The fourth-order valence-corrected chi connectivity index (χ4v) is 8.95. The molecule has 1 aromatic rings. The van der Waals surface area contributed by atoms with Gasteiger partial charge in [0.15, 0.2) is 0 Å². The summed E-state index contributed by atoms with van der Waals surface area (Å²) >= 11 is -2.04. The van der Waals surface area contributed by atoms with E-state index >= 15 is 0 Å². The molecule has 0 spiro atoms. The second kappa shape index (κ2) is 10.8. The fourth-order valence-electron chi connectivity index (χ4n) is 5.41. The van der Waals surface area contributed by atoms with E-state index in [1.165, 1.54) is 42.9 Å². The quantitative estimate of drug-likeness (QED) is 0.441. The summed E-state index contributed by atoms with van der Waals surface area (Å²) < 4.78 is 15.3. The monoisotopic (exact) mass is 462 g/mol. The first kappa shape index (κ1) is 23.4. The van der Waals surface area contributed by atoms with Crippen molar-refractivity contribution in [3.05, 3.63) is 30.3 Å². The molecule has 0 radical (unpaired) electrons. The van der Waals surface area contributed by atoms with Crippen molar-refractivity contribution in [2.24, 2.45) is 35.5 Å². The van der Waals surface area contributed by atoms with Crippen LogP contribution in [-0.4, -0.2) is 27.5 Å². The molecule has 1 aromatic carbocycles. The Bertz CT molecular complexity index is 568. The molecule has 0 aromatic heterocycles. The van der Waals surface area contributed by atoms with Crippen LogP contribution in [0.1, 0.15) is 80.1 Å². The van der Waals surface area contributed by atoms with Gasteiger partial charge in [-0.15, -0.1) is 0 Å². The van der Waals surface area contributed by atoms with E-state index in [9.17, 15) is 0 Å². The van der Waals surface area contributed by atoms with E-state index in [0.29, 0.717) is 35.9 Å². The maximum atomic E-state index is 7.01. The van der Waals surface area contributed by atoms with E-state index in [1.807, 2.05) is 0 Å². The third kappa shape index (κ3) is 6.34. The average molecular weight is 463 g/mol. The van der Waals surface area contributed by atoms with Crippen molar-refractivity contribution < 1.29 is 7.45 Å². The van der Waals surface area contributed by atoms with Gasteiger partial charge in [-0.25, -0.2) is 0 Å². The molecule has 0 amide bonds. The van der Waals surface area contributed by atoms with Crippen LogP contribution in [0.4, 0.5) is 0 Å². The van der Waals surface area contributed by atoms with Crippen molar-refractivity contribution in [1.82, 2.24) is 0 Å². The van der Waals surface area contributed by atoms with E-state index in [1.54, 1.807) is 0 Å². The molecule has 0 bridgehead atoms. The van der Waals surface area contributed by atoms with Gasteiger partial charge in [0.05, 0.1) is 0 Å². The number of hydrogen-bond donors (Lipinski definition) is 0. The van der Waals surface area contributed by atoms with Crippen molar-refractivity contribution >= 4 is 19.7 Å². The zero-order chi connectivity index (χ0) is 21.0. The van der Waals surface area contributed by atoms with Crippen LogP contribution in [0.15, 0.2) is 30.3 Å². The van der Waals surface area contributed by atoms with E-state index in [2.05, 4.69) is 71.9 Å². The second-order valence-electron chi connectivity index (χ2n) is 10.5. The summed E-state index contributed by atoms with van der Waals surface area (Å²) in [4.78, 5) is 0. The molecule has 2 saturated carbocycles. The van der Waals surface area contributed by atoms with E-state index in [-0.39, 0.29) is 0 Å². The van der Waals surface area contributed by atoms with Gasteiger partial charge in [0, 0.05) is 0 Å². The zero-order valence-electron chi connectivity index (χ0n) is 19.5. The summed E-state index contributed by atoms with van der Waals surface area (Å²) in [5, 5.41) is 0. The molecule has 0 aliphatic heterocycles. The Morgan fingerprint density at radius 2 is 1.17 bits per heavy atom. The van der Waals surface area contributed by atoms with Gasteiger partial charge in [-0.3, -0.25) is 0 Å². The van der Waals surface area contributed by atoms with Gasteiger partial charge >= 0.3 is 185 Å². The first-order chi connectivity index (χ1) is 13.8. The molecule has 0 N–H and O–H groups in total. The van der Waals surface area contributed by atoms with Crippen LogP contribution >= 0.6 is 0 Å². The molecule has 3 heteroatoms. The van der Waals surface area contributed by atoms with Gasteiger partial charge in [-0.05, 0) is 0 Å². The van der Waals surface area contributed by atoms with Crippen molar-refractivity contribution in [3.8, 4) is 0 Å². The number of hydrogen-bond acceptors (Lipinski definition) is 2. The topological polar surface area (TPSA) is 18.5 Å². The van der Waals surface area contributed by atoms with Crippen LogP contribution in [0.5, 0.6) is 0 Å². The summed E-state index contributed by atoms with van der Waals surface area (Å²) in [6.07, 6.45) is 8.40. The first-order valence-electron chi connectivity index (χ1n) is 12.0.